The van der Waals surface area contributed by atoms with E-state index >= 15 is 0 Å². The number of amides is 3. The molecule has 24 heavy (non-hydrogen) atoms. The van der Waals surface area contributed by atoms with E-state index in [9.17, 15) is 9.59 Å². The zero-order chi connectivity index (χ0) is 17.7. The van der Waals surface area contributed by atoms with E-state index in [-0.39, 0.29) is 12.5 Å². The van der Waals surface area contributed by atoms with Crippen LogP contribution in [0.3, 0.4) is 0 Å². The lowest BCUT2D eigenvalue weighted by atomic mass is 10.3. The molecule has 126 valence electrons. The maximum absolute atomic E-state index is 12.1. The Bertz CT molecular complexity index is 768. The van der Waals surface area contributed by atoms with E-state index in [1.54, 1.807) is 36.4 Å². The van der Waals surface area contributed by atoms with Gasteiger partial charge < -0.3 is 15.5 Å². The van der Waals surface area contributed by atoms with Gasteiger partial charge in [-0.3, -0.25) is 4.79 Å². The fraction of sp³-hybridized carbons (Fsp3) is 0.125. The van der Waals surface area contributed by atoms with Crippen molar-refractivity contribution < 1.29 is 9.59 Å². The van der Waals surface area contributed by atoms with E-state index in [2.05, 4.69) is 10.6 Å². The predicted octanol–water partition coefficient (Wildman–Crippen LogP) is 4.75. The molecule has 2 aromatic carbocycles. The molecule has 0 aliphatic rings. The molecule has 0 aromatic heterocycles. The van der Waals surface area contributed by atoms with E-state index in [1.807, 2.05) is 0 Å². The smallest absolute Gasteiger partial charge is 0.322 e. The number of hydrogen-bond acceptors (Lipinski definition) is 2. The van der Waals surface area contributed by atoms with Gasteiger partial charge in [-0.1, -0.05) is 46.9 Å². The molecule has 2 aromatic rings. The Morgan fingerprint density at radius 3 is 2.33 bits per heavy atom. The van der Waals surface area contributed by atoms with E-state index in [0.717, 1.165) is 0 Å². The normalized spacial score (nSPS) is 10.2. The van der Waals surface area contributed by atoms with Gasteiger partial charge in [0.1, 0.15) is 6.54 Å². The summed E-state index contributed by atoms with van der Waals surface area (Å²) in [4.78, 5) is 25.3. The highest BCUT2D eigenvalue weighted by Crippen LogP contribution is 2.25. The van der Waals surface area contributed by atoms with Crippen LogP contribution >= 0.6 is 34.8 Å². The molecule has 8 heteroatoms. The van der Waals surface area contributed by atoms with Crippen LogP contribution in [0.1, 0.15) is 0 Å². The third kappa shape index (κ3) is 5.03. The van der Waals surface area contributed by atoms with Crippen LogP contribution in [0.25, 0.3) is 0 Å². The zero-order valence-electron chi connectivity index (χ0n) is 12.6. The summed E-state index contributed by atoms with van der Waals surface area (Å²) in [5.41, 5.74) is 0.968. The summed E-state index contributed by atoms with van der Waals surface area (Å²) in [5.74, 6) is -0.366. The van der Waals surface area contributed by atoms with Crippen LogP contribution in [-0.4, -0.2) is 30.4 Å². The van der Waals surface area contributed by atoms with Gasteiger partial charge >= 0.3 is 6.03 Å². The number of nitrogens with one attached hydrogen (secondary N) is 2. The minimum Gasteiger partial charge on any atom is -0.323 e. The number of nitrogens with zero attached hydrogens (tertiary/aromatic N) is 1. The summed E-state index contributed by atoms with van der Waals surface area (Å²) < 4.78 is 0. The first-order valence-electron chi connectivity index (χ1n) is 6.88. The van der Waals surface area contributed by atoms with Crippen molar-refractivity contribution in [3.63, 3.8) is 0 Å². The van der Waals surface area contributed by atoms with Gasteiger partial charge in [-0.05, 0) is 30.3 Å². The molecule has 0 aliphatic carbocycles. The third-order valence-corrected chi connectivity index (χ3v) is 4.11. The summed E-state index contributed by atoms with van der Waals surface area (Å²) in [6.07, 6.45) is 0. The molecule has 0 spiro atoms. The lowest BCUT2D eigenvalue weighted by Crippen LogP contribution is -2.37. The molecular weight excluding hydrogens is 373 g/mol. The van der Waals surface area contributed by atoms with Crippen molar-refractivity contribution in [1.82, 2.24) is 4.90 Å². The van der Waals surface area contributed by atoms with Crippen molar-refractivity contribution in [3.8, 4) is 0 Å². The topological polar surface area (TPSA) is 61.4 Å². The first kappa shape index (κ1) is 18.4. The minimum atomic E-state index is -0.456. The Labute approximate surface area is 154 Å². The van der Waals surface area contributed by atoms with Crippen LogP contribution in [-0.2, 0) is 4.79 Å². The van der Waals surface area contributed by atoms with Gasteiger partial charge in [0.25, 0.3) is 0 Å². The average Bonchev–Trinajstić information content (AvgIpc) is 2.53. The summed E-state index contributed by atoms with van der Waals surface area (Å²) in [7, 11) is 1.50. The molecular formula is C16H14Cl3N3O2. The number of anilines is 2. The highest BCUT2D eigenvalue weighted by Gasteiger charge is 2.14. The molecule has 0 radical (unpaired) electrons. The van der Waals surface area contributed by atoms with Crippen molar-refractivity contribution in [2.24, 2.45) is 0 Å². The molecule has 0 heterocycles. The number of hydrogen-bond donors (Lipinski definition) is 2. The number of halogens is 3. The lowest BCUT2D eigenvalue weighted by Gasteiger charge is -2.18. The highest BCUT2D eigenvalue weighted by molar-refractivity contribution is 6.42. The molecule has 2 rings (SSSR count). The molecule has 3 amide bonds. The number of carbonyl (C=O) groups is 2. The third-order valence-electron chi connectivity index (χ3n) is 3.05. The number of likely N-dealkylation sites (N-methyl/N-ethyl adjacent to an activating group) is 1. The van der Waals surface area contributed by atoms with E-state index in [1.165, 1.54) is 18.0 Å². The maximum atomic E-state index is 12.1. The second kappa shape index (κ2) is 8.24. The Kier molecular flexibility index (Phi) is 6.31. The molecule has 0 fully saturated rings. The number of carbonyl (C=O) groups excluding carboxylic acids is 2. The van der Waals surface area contributed by atoms with Gasteiger partial charge in [-0.25, -0.2) is 4.79 Å². The number of urea groups is 1. The summed E-state index contributed by atoms with van der Waals surface area (Å²) in [5, 5.41) is 6.42. The van der Waals surface area contributed by atoms with Crippen molar-refractivity contribution in [3.05, 3.63) is 57.5 Å². The summed E-state index contributed by atoms with van der Waals surface area (Å²) in [6, 6.07) is 11.1. The predicted molar refractivity (Wildman–Crippen MR) is 98.2 cm³/mol. The molecule has 0 saturated heterocycles. The fourth-order valence-corrected chi connectivity index (χ4v) is 2.31. The average molecular weight is 387 g/mol. The van der Waals surface area contributed by atoms with Gasteiger partial charge in [-0.2, -0.15) is 0 Å². The Balaban J connectivity index is 1.92. The first-order chi connectivity index (χ1) is 11.4. The Morgan fingerprint density at radius 1 is 0.958 bits per heavy atom. The molecule has 0 aliphatic heterocycles. The Hall–Kier alpha value is -1.95. The number of rotatable bonds is 4. The SMILES string of the molecule is CN(CC(=O)Nc1ccccc1Cl)C(=O)Nc1ccc(Cl)c(Cl)c1. The van der Waals surface area contributed by atoms with Crippen molar-refractivity contribution in [1.29, 1.82) is 0 Å². The maximum Gasteiger partial charge on any atom is 0.322 e. The monoisotopic (exact) mass is 385 g/mol. The molecule has 5 nitrogen and oxygen atoms in total. The van der Waals surface area contributed by atoms with Gasteiger partial charge in [0.05, 0.1) is 20.8 Å². The van der Waals surface area contributed by atoms with Gasteiger partial charge in [0.15, 0.2) is 0 Å². The lowest BCUT2D eigenvalue weighted by molar-refractivity contribution is -0.116. The van der Waals surface area contributed by atoms with Crippen LogP contribution in [0.4, 0.5) is 16.2 Å². The molecule has 2 N–H and O–H groups in total. The van der Waals surface area contributed by atoms with Crippen LogP contribution in [0, 0.1) is 0 Å². The van der Waals surface area contributed by atoms with Crippen LogP contribution in [0.5, 0.6) is 0 Å². The van der Waals surface area contributed by atoms with Crippen molar-refractivity contribution >= 4 is 58.1 Å². The standard InChI is InChI=1S/C16H14Cl3N3O2/c1-22(9-15(23)21-14-5-3-2-4-12(14)18)16(24)20-10-6-7-11(17)13(19)8-10/h2-8H,9H2,1H3,(H,20,24)(H,21,23). The first-order valence-corrected chi connectivity index (χ1v) is 8.02. The second-order valence-corrected chi connectivity index (χ2v) is 6.16. The summed E-state index contributed by atoms with van der Waals surface area (Å²) in [6.45, 7) is -0.140. The van der Waals surface area contributed by atoms with Crippen molar-refractivity contribution in [2.75, 3.05) is 24.2 Å². The number of benzene rings is 2. The molecule has 0 bridgehead atoms. The van der Waals surface area contributed by atoms with Gasteiger partial charge in [0, 0.05) is 12.7 Å². The fourth-order valence-electron chi connectivity index (χ4n) is 1.83. The van der Waals surface area contributed by atoms with Crippen LogP contribution in [0.15, 0.2) is 42.5 Å². The molecule has 0 atom stereocenters. The quantitative estimate of drug-likeness (QED) is 0.796. The zero-order valence-corrected chi connectivity index (χ0v) is 14.9. The molecule has 0 unspecified atom stereocenters. The number of para-hydroxylation sites is 1. The highest BCUT2D eigenvalue weighted by atomic mass is 35.5. The second-order valence-electron chi connectivity index (χ2n) is 4.94. The van der Waals surface area contributed by atoms with E-state index in [4.69, 9.17) is 34.8 Å². The largest absolute Gasteiger partial charge is 0.323 e. The van der Waals surface area contributed by atoms with Gasteiger partial charge in [0.2, 0.25) is 5.91 Å². The minimum absolute atomic E-state index is 0.140. The van der Waals surface area contributed by atoms with Crippen molar-refractivity contribution in [2.45, 2.75) is 0 Å². The Morgan fingerprint density at radius 2 is 1.67 bits per heavy atom. The summed E-state index contributed by atoms with van der Waals surface area (Å²) >= 11 is 17.7. The van der Waals surface area contributed by atoms with E-state index < -0.39 is 6.03 Å². The van der Waals surface area contributed by atoms with Gasteiger partial charge in [-0.15, -0.1) is 0 Å². The van der Waals surface area contributed by atoms with E-state index in [0.29, 0.717) is 26.4 Å². The molecule has 0 saturated carbocycles. The van der Waals surface area contributed by atoms with Crippen LogP contribution in [0.2, 0.25) is 15.1 Å². The van der Waals surface area contributed by atoms with Crippen LogP contribution < -0.4 is 10.6 Å².